The van der Waals surface area contributed by atoms with Gasteiger partial charge < -0.3 is 14.8 Å². The predicted octanol–water partition coefficient (Wildman–Crippen LogP) is 3.50. The summed E-state index contributed by atoms with van der Waals surface area (Å²) < 4.78 is 38.1. The standard InChI is InChI=1S/C28H26N4O6S/c1-19(27(33)30-21-7-4-8-22(16-21)39(35,36)32-12-14-37-15-13-32)38-28(34)24-17-26(20-6-5-11-29-18-20)31-25-10-3-2-9-23(24)25/h2-11,16-19H,12-15H2,1H3,(H,30,33). The lowest BCUT2D eigenvalue weighted by Crippen LogP contribution is -2.40. The maximum Gasteiger partial charge on any atom is 0.339 e. The molecule has 0 aliphatic carbocycles. The molecule has 1 amide bonds. The van der Waals surface area contributed by atoms with Crippen LogP contribution in [0.25, 0.3) is 22.2 Å². The quantitative estimate of drug-likeness (QED) is 0.349. The van der Waals surface area contributed by atoms with Gasteiger partial charge in [-0.2, -0.15) is 4.31 Å². The normalized spacial score (nSPS) is 15.0. The van der Waals surface area contributed by atoms with Gasteiger partial charge in [-0.25, -0.2) is 18.2 Å². The number of aromatic nitrogens is 2. The van der Waals surface area contributed by atoms with Crippen LogP contribution in [0.15, 0.2) is 84.0 Å². The molecule has 4 aromatic rings. The van der Waals surface area contributed by atoms with Crippen LogP contribution in [0.3, 0.4) is 0 Å². The van der Waals surface area contributed by atoms with Gasteiger partial charge in [0.05, 0.1) is 34.9 Å². The number of nitrogens with one attached hydrogen (secondary N) is 1. The average molecular weight is 547 g/mol. The highest BCUT2D eigenvalue weighted by atomic mass is 32.2. The van der Waals surface area contributed by atoms with Crippen molar-refractivity contribution in [3.8, 4) is 11.3 Å². The van der Waals surface area contributed by atoms with E-state index in [2.05, 4.69) is 15.3 Å². The Kier molecular flexibility index (Phi) is 7.64. The van der Waals surface area contributed by atoms with Crippen LogP contribution in [0.4, 0.5) is 5.69 Å². The number of esters is 1. The largest absolute Gasteiger partial charge is 0.449 e. The topological polar surface area (TPSA) is 128 Å². The van der Waals surface area contributed by atoms with E-state index >= 15 is 0 Å². The lowest BCUT2D eigenvalue weighted by atomic mass is 10.0. The van der Waals surface area contributed by atoms with E-state index in [0.29, 0.717) is 29.8 Å². The first kappa shape index (κ1) is 26.4. The van der Waals surface area contributed by atoms with Crippen molar-refractivity contribution >= 4 is 38.5 Å². The molecule has 1 aliphatic rings. The Morgan fingerprint density at radius 1 is 1.03 bits per heavy atom. The Hall–Kier alpha value is -4.19. The molecule has 0 saturated carbocycles. The number of rotatable bonds is 7. The van der Waals surface area contributed by atoms with E-state index in [1.807, 2.05) is 12.1 Å². The number of benzene rings is 2. The third-order valence-corrected chi connectivity index (χ3v) is 8.15. The highest BCUT2D eigenvalue weighted by Crippen LogP contribution is 2.26. The van der Waals surface area contributed by atoms with Gasteiger partial charge in [-0.1, -0.05) is 24.3 Å². The highest BCUT2D eigenvalue weighted by Gasteiger charge is 2.27. The monoisotopic (exact) mass is 546 g/mol. The van der Waals surface area contributed by atoms with E-state index in [1.165, 1.54) is 23.4 Å². The Bertz CT molecular complexity index is 1620. The number of hydrogen-bond acceptors (Lipinski definition) is 8. The van der Waals surface area contributed by atoms with Gasteiger partial charge in [-0.05, 0) is 49.4 Å². The van der Waals surface area contributed by atoms with Gasteiger partial charge in [-0.3, -0.25) is 9.78 Å². The van der Waals surface area contributed by atoms with E-state index in [0.717, 1.165) is 5.56 Å². The minimum absolute atomic E-state index is 0.0537. The molecule has 11 heteroatoms. The van der Waals surface area contributed by atoms with E-state index in [1.54, 1.807) is 54.9 Å². The van der Waals surface area contributed by atoms with E-state index in [9.17, 15) is 18.0 Å². The highest BCUT2D eigenvalue weighted by molar-refractivity contribution is 7.89. The summed E-state index contributed by atoms with van der Waals surface area (Å²) >= 11 is 0. The lowest BCUT2D eigenvalue weighted by molar-refractivity contribution is -0.123. The molecule has 39 heavy (non-hydrogen) atoms. The number of amides is 1. The maximum atomic E-state index is 13.2. The van der Waals surface area contributed by atoms with Crippen LogP contribution in [-0.4, -0.2) is 67.0 Å². The van der Waals surface area contributed by atoms with Crippen LogP contribution < -0.4 is 5.32 Å². The first-order valence-electron chi connectivity index (χ1n) is 12.3. The molecule has 0 radical (unpaired) electrons. The number of nitrogens with zero attached hydrogens (tertiary/aromatic N) is 3. The molecule has 1 N–H and O–H groups in total. The van der Waals surface area contributed by atoms with Crippen molar-refractivity contribution < 1.29 is 27.5 Å². The summed E-state index contributed by atoms with van der Waals surface area (Å²) in [6, 6.07) is 18.4. The van der Waals surface area contributed by atoms with Gasteiger partial charge in [0.2, 0.25) is 10.0 Å². The van der Waals surface area contributed by atoms with Gasteiger partial charge in [0, 0.05) is 42.1 Å². The average Bonchev–Trinajstić information content (AvgIpc) is 2.97. The number of hydrogen-bond donors (Lipinski definition) is 1. The summed E-state index contributed by atoms with van der Waals surface area (Å²) in [5, 5.41) is 3.23. The molecule has 200 valence electrons. The number of carbonyl (C=O) groups excluding carboxylic acids is 2. The molecule has 5 rings (SSSR count). The number of anilines is 1. The second kappa shape index (κ2) is 11.3. The Labute approximate surface area is 225 Å². The number of carbonyl (C=O) groups is 2. The van der Waals surface area contributed by atoms with E-state index in [-0.39, 0.29) is 29.2 Å². The maximum absolute atomic E-state index is 13.2. The van der Waals surface area contributed by atoms with Crippen molar-refractivity contribution in [2.75, 3.05) is 31.6 Å². The summed E-state index contributed by atoms with van der Waals surface area (Å²) in [5.74, 6) is -1.29. The second-order valence-corrected chi connectivity index (χ2v) is 10.8. The third-order valence-electron chi connectivity index (χ3n) is 6.26. The van der Waals surface area contributed by atoms with Crippen LogP contribution in [0.1, 0.15) is 17.3 Å². The van der Waals surface area contributed by atoms with E-state index in [4.69, 9.17) is 9.47 Å². The van der Waals surface area contributed by atoms with E-state index < -0.39 is 28.0 Å². The molecule has 2 aromatic heterocycles. The number of fused-ring (bicyclic) bond motifs is 1. The molecule has 1 fully saturated rings. The van der Waals surface area contributed by atoms with Crippen molar-refractivity contribution in [1.82, 2.24) is 14.3 Å². The van der Waals surface area contributed by atoms with Crippen molar-refractivity contribution in [1.29, 1.82) is 0 Å². The summed E-state index contributed by atoms with van der Waals surface area (Å²) in [7, 11) is -3.74. The molecule has 1 atom stereocenters. The smallest absolute Gasteiger partial charge is 0.339 e. The molecule has 1 aliphatic heterocycles. The molecular weight excluding hydrogens is 520 g/mol. The second-order valence-electron chi connectivity index (χ2n) is 8.89. The fraction of sp³-hybridized carbons (Fsp3) is 0.214. The van der Waals surface area contributed by atoms with Crippen LogP contribution in [0.2, 0.25) is 0 Å². The summed E-state index contributed by atoms with van der Waals surface area (Å²) in [4.78, 5) is 34.9. The van der Waals surface area contributed by atoms with Gasteiger partial charge in [0.25, 0.3) is 5.91 Å². The number of morpholine rings is 1. The van der Waals surface area contributed by atoms with Crippen LogP contribution in [0.5, 0.6) is 0 Å². The summed E-state index contributed by atoms with van der Waals surface area (Å²) in [6.07, 6.45) is 2.13. The molecule has 10 nitrogen and oxygen atoms in total. The van der Waals surface area contributed by atoms with Gasteiger partial charge in [0.15, 0.2) is 6.10 Å². The predicted molar refractivity (Wildman–Crippen MR) is 145 cm³/mol. The fourth-order valence-corrected chi connectivity index (χ4v) is 5.65. The zero-order chi connectivity index (χ0) is 27.4. The Morgan fingerprint density at radius 2 is 1.82 bits per heavy atom. The van der Waals surface area contributed by atoms with Crippen molar-refractivity contribution in [3.05, 3.63) is 84.7 Å². The summed E-state index contributed by atoms with van der Waals surface area (Å²) in [5.41, 5.74) is 2.41. The molecule has 2 aromatic carbocycles. The minimum Gasteiger partial charge on any atom is -0.449 e. The zero-order valence-corrected chi connectivity index (χ0v) is 21.9. The fourth-order valence-electron chi connectivity index (χ4n) is 4.20. The number of sulfonamides is 1. The van der Waals surface area contributed by atoms with Gasteiger partial charge in [-0.15, -0.1) is 0 Å². The minimum atomic E-state index is -3.74. The Balaban J connectivity index is 1.33. The molecule has 3 heterocycles. The Morgan fingerprint density at radius 3 is 2.59 bits per heavy atom. The number of ether oxygens (including phenoxy) is 2. The summed E-state index contributed by atoms with van der Waals surface area (Å²) in [6.45, 7) is 2.63. The molecular formula is C28H26N4O6S. The van der Waals surface area contributed by atoms with Crippen LogP contribution >= 0.6 is 0 Å². The van der Waals surface area contributed by atoms with Crippen molar-refractivity contribution in [2.45, 2.75) is 17.9 Å². The van der Waals surface area contributed by atoms with Crippen LogP contribution in [-0.2, 0) is 24.3 Å². The zero-order valence-electron chi connectivity index (χ0n) is 21.1. The molecule has 0 bridgehead atoms. The van der Waals surface area contributed by atoms with Crippen molar-refractivity contribution in [3.63, 3.8) is 0 Å². The molecule has 1 saturated heterocycles. The SMILES string of the molecule is CC(OC(=O)c1cc(-c2cccnc2)nc2ccccc12)C(=O)Nc1cccc(S(=O)(=O)N2CCOCC2)c1. The number of pyridine rings is 2. The molecule has 0 spiro atoms. The third kappa shape index (κ3) is 5.80. The lowest BCUT2D eigenvalue weighted by Gasteiger charge is -2.26. The van der Waals surface area contributed by atoms with Crippen molar-refractivity contribution in [2.24, 2.45) is 0 Å². The molecule has 1 unspecified atom stereocenters. The van der Waals surface area contributed by atoms with Gasteiger partial charge in [0.1, 0.15) is 0 Å². The number of para-hydroxylation sites is 1. The first-order valence-corrected chi connectivity index (χ1v) is 13.8. The van der Waals surface area contributed by atoms with Crippen LogP contribution in [0, 0.1) is 0 Å². The first-order chi connectivity index (χ1) is 18.8. The van der Waals surface area contributed by atoms with Gasteiger partial charge >= 0.3 is 5.97 Å².